The van der Waals surface area contributed by atoms with Gasteiger partial charge in [-0.15, -0.1) is 0 Å². The third kappa shape index (κ3) is 3.48. The summed E-state index contributed by atoms with van der Waals surface area (Å²) in [4.78, 5) is 38.3. The van der Waals surface area contributed by atoms with Crippen molar-refractivity contribution in [2.45, 2.75) is 118 Å². The molecule has 1 N–H and O–H groups in total. The number of rotatable bonds is 7. The van der Waals surface area contributed by atoms with E-state index >= 15 is 0 Å². The average Bonchev–Trinajstić information content (AvgIpc) is 3.48. The van der Waals surface area contributed by atoms with Gasteiger partial charge in [-0.1, -0.05) is 48.1 Å². The fourth-order valence-electron chi connectivity index (χ4n) is 11.3. The minimum atomic E-state index is -1.15. The Labute approximate surface area is 229 Å². The second-order valence-corrected chi connectivity index (χ2v) is 14.7. The van der Waals surface area contributed by atoms with Crippen LogP contribution in [-0.2, 0) is 19.1 Å². The molecule has 5 aliphatic rings. The zero-order chi connectivity index (χ0) is 28.0. The minimum absolute atomic E-state index is 0.0265. The first-order valence-electron chi connectivity index (χ1n) is 15.3. The van der Waals surface area contributed by atoms with Crippen LogP contribution in [0.4, 0.5) is 0 Å². The zero-order valence-electron chi connectivity index (χ0n) is 24.8. The topological polar surface area (TPSA) is 80.7 Å². The summed E-state index contributed by atoms with van der Waals surface area (Å²) in [5, 5.41) is 11.4. The summed E-state index contributed by atoms with van der Waals surface area (Å²) >= 11 is 0. The summed E-state index contributed by atoms with van der Waals surface area (Å²) in [6.45, 7) is 18.5. The standard InChI is InChI=1S/C33H50O5/c1-9-18(2)19(3)28(36)29(37)21(5)27-25(38-22(6)34)16-31(8)26-11-10-23-20(4)24(35)12-13-32(23)17-33(26,32)15-14-30(27,31)7/h18,20-21,23,25-27,29,37H,3,9-17H2,1-2,4-8H3/t18-,20-,21-,23-,25-,26-,27-,29?,30+,31-,32+,33-/m0/s1. The maximum Gasteiger partial charge on any atom is 0.302 e. The Balaban J connectivity index is 1.49. The number of aliphatic hydroxyl groups is 1. The van der Waals surface area contributed by atoms with Crippen molar-refractivity contribution in [2.24, 2.45) is 57.2 Å². The molecule has 0 saturated heterocycles. The monoisotopic (exact) mass is 526 g/mol. The average molecular weight is 527 g/mol. The normalized spacial score (nSPS) is 47.5. The molecule has 5 heteroatoms. The van der Waals surface area contributed by atoms with Gasteiger partial charge >= 0.3 is 5.97 Å². The van der Waals surface area contributed by atoms with Gasteiger partial charge in [0.1, 0.15) is 18.0 Å². The van der Waals surface area contributed by atoms with Gasteiger partial charge in [0.2, 0.25) is 0 Å². The summed E-state index contributed by atoms with van der Waals surface area (Å²) < 4.78 is 6.06. The lowest BCUT2D eigenvalue weighted by Crippen LogP contribution is -2.56. The van der Waals surface area contributed by atoms with Crippen molar-refractivity contribution in [2.75, 3.05) is 0 Å². The van der Waals surface area contributed by atoms with Crippen LogP contribution < -0.4 is 0 Å². The molecule has 1 unspecified atom stereocenters. The Morgan fingerprint density at radius 3 is 2.42 bits per heavy atom. The molecule has 0 aromatic carbocycles. The van der Waals surface area contributed by atoms with Crippen molar-refractivity contribution in [3.8, 4) is 0 Å². The maximum atomic E-state index is 13.3. The molecule has 0 radical (unpaired) electrons. The Hall–Kier alpha value is -1.49. The SMILES string of the molecule is C=C(C(=O)C(O)[C@@H](C)[C@H]1[C@@H](OC(C)=O)C[C@@]2(C)[C@@H]3CC[C@H]4[C@H](C)C(=O)CC[C@@]45C[C@@]35CC[C@]12C)[C@@H](C)CC. The molecule has 38 heavy (non-hydrogen) atoms. The molecule has 5 aliphatic carbocycles. The molecular weight excluding hydrogens is 476 g/mol. The van der Waals surface area contributed by atoms with Gasteiger partial charge in [0, 0.05) is 25.2 Å². The lowest BCUT2D eigenvalue weighted by molar-refractivity contribution is -0.157. The third-order valence-electron chi connectivity index (χ3n) is 13.7. The van der Waals surface area contributed by atoms with Crippen molar-refractivity contribution in [3.63, 3.8) is 0 Å². The Kier molecular flexibility index (Phi) is 6.65. The molecular formula is C33H50O5. The third-order valence-corrected chi connectivity index (χ3v) is 13.7. The first-order chi connectivity index (χ1) is 17.7. The predicted octanol–water partition coefficient (Wildman–Crippen LogP) is 6.31. The molecule has 0 bridgehead atoms. The van der Waals surface area contributed by atoms with Crippen LogP contribution in [-0.4, -0.2) is 34.9 Å². The van der Waals surface area contributed by atoms with Crippen LogP contribution in [0.15, 0.2) is 12.2 Å². The molecule has 5 saturated carbocycles. The summed E-state index contributed by atoms with van der Waals surface area (Å²) in [7, 11) is 0. The molecule has 5 nitrogen and oxygen atoms in total. The van der Waals surface area contributed by atoms with E-state index in [0.29, 0.717) is 28.6 Å². The highest BCUT2D eigenvalue weighted by Crippen LogP contribution is 2.88. The Morgan fingerprint density at radius 1 is 1.11 bits per heavy atom. The molecule has 212 valence electrons. The molecule has 5 fully saturated rings. The minimum Gasteiger partial charge on any atom is -0.462 e. The van der Waals surface area contributed by atoms with Gasteiger partial charge in [0.15, 0.2) is 5.78 Å². The Morgan fingerprint density at radius 2 is 1.79 bits per heavy atom. The molecule has 0 amide bonds. The smallest absolute Gasteiger partial charge is 0.302 e. The molecule has 5 rings (SSSR count). The van der Waals surface area contributed by atoms with E-state index in [2.05, 4.69) is 27.4 Å². The van der Waals surface area contributed by atoms with Gasteiger partial charge < -0.3 is 9.84 Å². The van der Waals surface area contributed by atoms with Gasteiger partial charge in [-0.05, 0) is 102 Å². The van der Waals surface area contributed by atoms with E-state index in [4.69, 9.17) is 4.74 Å². The van der Waals surface area contributed by atoms with Crippen LogP contribution in [0, 0.1) is 57.2 Å². The lowest BCUT2D eigenvalue weighted by atomic mass is 9.43. The van der Waals surface area contributed by atoms with Crippen LogP contribution in [0.3, 0.4) is 0 Å². The van der Waals surface area contributed by atoms with Gasteiger partial charge in [-0.3, -0.25) is 14.4 Å². The maximum absolute atomic E-state index is 13.3. The highest BCUT2D eigenvalue weighted by atomic mass is 16.5. The molecule has 12 atom stereocenters. The van der Waals surface area contributed by atoms with Crippen LogP contribution in [0.25, 0.3) is 0 Å². The fourth-order valence-corrected chi connectivity index (χ4v) is 11.3. The number of hydrogen-bond acceptors (Lipinski definition) is 5. The van der Waals surface area contributed by atoms with Crippen molar-refractivity contribution >= 4 is 17.5 Å². The summed E-state index contributed by atoms with van der Waals surface area (Å²) in [6.07, 6.45) is 7.52. The molecule has 0 heterocycles. The molecule has 0 aromatic heterocycles. The number of ether oxygens (including phenoxy) is 1. The molecule has 0 aliphatic heterocycles. The van der Waals surface area contributed by atoms with Crippen molar-refractivity contribution in [1.82, 2.24) is 0 Å². The summed E-state index contributed by atoms with van der Waals surface area (Å²) in [5.41, 5.74) is 0.868. The largest absolute Gasteiger partial charge is 0.462 e. The highest BCUT2D eigenvalue weighted by molar-refractivity contribution is 5.98. The molecule has 2 spiro atoms. The number of hydrogen-bond donors (Lipinski definition) is 1. The quantitative estimate of drug-likeness (QED) is 0.310. The zero-order valence-corrected chi connectivity index (χ0v) is 24.8. The van der Waals surface area contributed by atoms with Crippen molar-refractivity contribution < 1.29 is 24.2 Å². The Bertz CT molecular complexity index is 1050. The first-order valence-corrected chi connectivity index (χ1v) is 15.3. The number of carbonyl (C=O) groups is 3. The number of Topliss-reactive ketones (excluding diaryl/α,β-unsaturated/α-hetero) is 2. The van der Waals surface area contributed by atoms with E-state index < -0.39 is 6.10 Å². The fraction of sp³-hybridized carbons (Fsp3) is 0.848. The summed E-state index contributed by atoms with van der Waals surface area (Å²) in [6, 6.07) is 0. The van der Waals surface area contributed by atoms with Gasteiger partial charge in [0.05, 0.1) is 0 Å². The molecule has 0 aromatic rings. The highest BCUT2D eigenvalue weighted by Gasteiger charge is 2.82. The van der Waals surface area contributed by atoms with E-state index in [0.717, 1.165) is 51.4 Å². The summed E-state index contributed by atoms with van der Waals surface area (Å²) in [5.74, 6) is 0.693. The first kappa shape index (κ1) is 28.1. The van der Waals surface area contributed by atoms with Gasteiger partial charge in [0.25, 0.3) is 0 Å². The van der Waals surface area contributed by atoms with E-state index in [9.17, 15) is 19.5 Å². The number of carbonyl (C=O) groups excluding carboxylic acids is 3. The van der Waals surface area contributed by atoms with Crippen molar-refractivity contribution in [3.05, 3.63) is 12.2 Å². The van der Waals surface area contributed by atoms with Gasteiger partial charge in [-0.25, -0.2) is 0 Å². The number of aliphatic hydroxyl groups excluding tert-OH is 1. The van der Waals surface area contributed by atoms with E-state index in [-0.39, 0.29) is 57.8 Å². The second kappa shape index (κ2) is 9.01. The van der Waals surface area contributed by atoms with E-state index in [1.807, 2.05) is 20.8 Å². The van der Waals surface area contributed by atoms with Crippen LogP contribution >= 0.6 is 0 Å². The van der Waals surface area contributed by atoms with Gasteiger partial charge in [-0.2, -0.15) is 0 Å². The number of esters is 1. The van der Waals surface area contributed by atoms with Crippen LogP contribution in [0.1, 0.15) is 106 Å². The van der Waals surface area contributed by atoms with Crippen molar-refractivity contribution in [1.29, 1.82) is 0 Å². The van der Waals surface area contributed by atoms with E-state index in [1.54, 1.807) is 0 Å². The van der Waals surface area contributed by atoms with E-state index in [1.165, 1.54) is 13.3 Å². The van der Waals surface area contributed by atoms with Crippen LogP contribution in [0.5, 0.6) is 0 Å². The number of fused-ring (bicyclic) bond motifs is 2. The van der Waals surface area contributed by atoms with Crippen LogP contribution in [0.2, 0.25) is 0 Å². The predicted molar refractivity (Wildman–Crippen MR) is 147 cm³/mol. The second-order valence-electron chi connectivity index (χ2n) is 14.7. The lowest BCUT2D eigenvalue weighted by Gasteiger charge is -2.61. The number of ketones is 2.